The minimum absolute atomic E-state index is 0.414. The molecule has 1 saturated heterocycles. The van der Waals surface area contributed by atoms with E-state index in [1.54, 1.807) is 0 Å². The first-order valence-corrected chi connectivity index (χ1v) is 8.34. The van der Waals surface area contributed by atoms with Gasteiger partial charge in [0.1, 0.15) is 11.2 Å². The Hall–Kier alpha value is -2.89. The van der Waals surface area contributed by atoms with E-state index < -0.39 is 0 Å². The molecule has 1 atom stereocenters. The van der Waals surface area contributed by atoms with Crippen LogP contribution >= 0.6 is 0 Å². The molecular weight excluding hydrogens is 300 g/mol. The number of fused-ring (bicyclic) bond motifs is 3. The Labute approximate surface area is 139 Å². The van der Waals surface area contributed by atoms with E-state index in [2.05, 4.69) is 47.6 Å². The van der Waals surface area contributed by atoms with Crippen molar-refractivity contribution >= 4 is 27.8 Å². The van der Waals surface area contributed by atoms with Crippen molar-refractivity contribution in [2.24, 2.45) is 0 Å². The molecule has 1 aliphatic heterocycles. The van der Waals surface area contributed by atoms with Gasteiger partial charge in [-0.1, -0.05) is 0 Å². The molecule has 0 saturated carbocycles. The van der Waals surface area contributed by atoms with E-state index >= 15 is 0 Å². The molecule has 0 radical (unpaired) electrons. The van der Waals surface area contributed by atoms with Crippen molar-refractivity contribution in [3.05, 3.63) is 49.3 Å². The summed E-state index contributed by atoms with van der Waals surface area (Å²) in [5, 5.41) is 1.14. The van der Waals surface area contributed by atoms with Gasteiger partial charge in [0.25, 0.3) is 0 Å². The van der Waals surface area contributed by atoms with Gasteiger partial charge in [-0.25, -0.2) is 9.97 Å². The second-order valence-corrected chi connectivity index (χ2v) is 6.33. The maximum atomic E-state index is 4.58. The lowest BCUT2D eigenvalue weighted by atomic mass is 10.0. The molecule has 5 rings (SSSR count). The number of nitrogens with zero attached hydrogens (tertiary/aromatic N) is 5. The van der Waals surface area contributed by atoms with Crippen LogP contribution in [0.3, 0.4) is 0 Å². The Bertz CT molecular complexity index is 987. The number of anilines is 1. The van der Waals surface area contributed by atoms with Gasteiger partial charge in [0.15, 0.2) is 0 Å². The number of nitrogens with one attached hydrogen (secondary N) is 1. The number of rotatable bonds is 2. The van der Waals surface area contributed by atoms with Crippen LogP contribution in [0, 0.1) is 0 Å². The third-order valence-corrected chi connectivity index (χ3v) is 4.94. The maximum absolute atomic E-state index is 4.58. The van der Waals surface area contributed by atoms with Gasteiger partial charge in [0.05, 0.1) is 24.1 Å². The van der Waals surface area contributed by atoms with Gasteiger partial charge in [0, 0.05) is 42.8 Å². The fourth-order valence-electron chi connectivity index (χ4n) is 3.78. The monoisotopic (exact) mass is 318 g/mol. The fraction of sp³-hybridized carbons (Fsp3) is 0.278. The summed E-state index contributed by atoms with van der Waals surface area (Å²) in [6, 6.07) is 6.68. The van der Waals surface area contributed by atoms with E-state index in [4.69, 9.17) is 0 Å². The first-order chi connectivity index (χ1) is 11.9. The standard InChI is InChI=1S/C18H18N6/c1-2-14(11-23(9-1)13-3-6-19-7-4-13)24-12-22-16-10-21-18-15(17(16)24)5-8-20-18/h3-8,10,12,14H,1-2,9,11H2,(H,20,21)/t14-/m1/s1. The second kappa shape index (κ2) is 5.33. The Balaban J connectivity index is 1.56. The van der Waals surface area contributed by atoms with Crippen molar-refractivity contribution in [1.82, 2.24) is 24.5 Å². The molecule has 24 heavy (non-hydrogen) atoms. The van der Waals surface area contributed by atoms with Crippen molar-refractivity contribution in [3.8, 4) is 0 Å². The lowest BCUT2D eigenvalue weighted by molar-refractivity contribution is 0.413. The molecule has 1 fully saturated rings. The summed E-state index contributed by atoms with van der Waals surface area (Å²) >= 11 is 0. The number of piperidine rings is 1. The second-order valence-electron chi connectivity index (χ2n) is 6.33. The van der Waals surface area contributed by atoms with Crippen LogP contribution in [-0.4, -0.2) is 37.6 Å². The highest BCUT2D eigenvalue weighted by molar-refractivity contribution is 6.00. The number of imidazole rings is 1. The molecule has 0 bridgehead atoms. The lowest BCUT2D eigenvalue weighted by Crippen LogP contribution is -2.36. The summed E-state index contributed by atoms with van der Waals surface area (Å²) in [7, 11) is 0. The van der Waals surface area contributed by atoms with Crippen molar-refractivity contribution in [1.29, 1.82) is 0 Å². The summed E-state index contributed by atoms with van der Waals surface area (Å²) in [4.78, 5) is 18.8. The highest BCUT2D eigenvalue weighted by Gasteiger charge is 2.23. The molecule has 0 amide bonds. The van der Waals surface area contributed by atoms with E-state index in [0.717, 1.165) is 29.6 Å². The highest BCUT2D eigenvalue weighted by Crippen LogP contribution is 2.30. The topological polar surface area (TPSA) is 62.6 Å². The molecule has 1 aliphatic rings. The van der Waals surface area contributed by atoms with Crippen LogP contribution in [0.2, 0.25) is 0 Å². The van der Waals surface area contributed by atoms with Crippen LogP contribution in [0.5, 0.6) is 0 Å². The number of hydrogen-bond donors (Lipinski definition) is 1. The predicted octanol–water partition coefficient (Wildman–Crippen LogP) is 3.15. The number of hydrogen-bond acceptors (Lipinski definition) is 4. The average molecular weight is 318 g/mol. The smallest absolute Gasteiger partial charge is 0.139 e. The van der Waals surface area contributed by atoms with E-state index in [9.17, 15) is 0 Å². The van der Waals surface area contributed by atoms with E-state index in [0.29, 0.717) is 6.04 Å². The van der Waals surface area contributed by atoms with Gasteiger partial charge in [-0.2, -0.15) is 0 Å². The molecule has 120 valence electrons. The molecule has 1 N–H and O–H groups in total. The summed E-state index contributed by atoms with van der Waals surface area (Å²) < 4.78 is 2.33. The molecule has 0 aliphatic carbocycles. The van der Waals surface area contributed by atoms with Crippen LogP contribution in [0.25, 0.3) is 22.1 Å². The number of aromatic amines is 1. The van der Waals surface area contributed by atoms with Gasteiger partial charge in [0.2, 0.25) is 0 Å². The summed E-state index contributed by atoms with van der Waals surface area (Å²) in [6.45, 7) is 2.08. The van der Waals surface area contributed by atoms with Crippen molar-refractivity contribution in [2.45, 2.75) is 18.9 Å². The van der Waals surface area contributed by atoms with E-state index in [-0.39, 0.29) is 0 Å². The van der Waals surface area contributed by atoms with Crippen LogP contribution in [0.1, 0.15) is 18.9 Å². The zero-order chi connectivity index (χ0) is 15.9. The van der Waals surface area contributed by atoms with Crippen LogP contribution in [0.4, 0.5) is 5.69 Å². The van der Waals surface area contributed by atoms with E-state index in [1.807, 2.05) is 31.1 Å². The van der Waals surface area contributed by atoms with Gasteiger partial charge in [-0.3, -0.25) is 4.98 Å². The SMILES string of the molecule is c1cc(N2CCC[C@@H](n3cnc4cnc5[nH]ccc5c43)C2)ccn1. The Kier molecular flexibility index (Phi) is 3.01. The predicted molar refractivity (Wildman–Crippen MR) is 94.1 cm³/mol. The zero-order valence-electron chi connectivity index (χ0n) is 13.3. The molecule has 4 aromatic heterocycles. The van der Waals surface area contributed by atoms with Crippen LogP contribution in [-0.2, 0) is 0 Å². The summed E-state index contributed by atoms with van der Waals surface area (Å²) in [6.07, 6.45) is 11.8. The minimum atomic E-state index is 0.414. The zero-order valence-corrected chi connectivity index (χ0v) is 13.3. The van der Waals surface area contributed by atoms with Crippen molar-refractivity contribution in [3.63, 3.8) is 0 Å². The molecule has 4 aromatic rings. The largest absolute Gasteiger partial charge is 0.369 e. The van der Waals surface area contributed by atoms with Gasteiger partial charge in [-0.15, -0.1) is 0 Å². The Morgan fingerprint density at radius 1 is 1.12 bits per heavy atom. The third kappa shape index (κ3) is 2.06. The third-order valence-electron chi connectivity index (χ3n) is 4.94. The van der Waals surface area contributed by atoms with Crippen LogP contribution < -0.4 is 4.90 Å². The van der Waals surface area contributed by atoms with E-state index in [1.165, 1.54) is 24.0 Å². The Morgan fingerprint density at radius 2 is 2.04 bits per heavy atom. The lowest BCUT2D eigenvalue weighted by Gasteiger charge is -2.35. The average Bonchev–Trinajstić information content (AvgIpc) is 3.28. The molecule has 6 nitrogen and oxygen atoms in total. The maximum Gasteiger partial charge on any atom is 0.139 e. The van der Waals surface area contributed by atoms with Gasteiger partial charge in [-0.05, 0) is 31.0 Å². The summed E-state index contributed by atoms with van der Waals surface area (Å²) in [5.41, 5.74) is 4.31. The van der Waals surface area contributed by atoms with Gasteiger partial charge >= 0.3 is 0 Å². The number of pyridine rings is 2. The Morgan fingerprint density at radius 3 is 2.96 bits per heavy atom. The highest BCUT2D eigenvalue weighted by atomic mass is 15.2. The summed E-state index contributed by atoms with van der Waals surface area (Å²) in [5.74, 6) is 0. The van der Waals surface area contributed by atoms with Crippen molar-refractivity contribution in [2.75, 3.05) is 18.0 Å². The minimum Gasteiger partial charge on any atom is -0.369 e. The van der Waals surface area contributed by atoms with Gasteiger partial charge < -0.3 is 14.5 Å². The molecule has 6 heteroatoms. The number of aromatic nitrogens is 5. The number of H-pyrrole nitrogens is 1. The molecule has 0 unspecified atom stereocenters. The first kappa shape index (κ1) is 13.5. The fourth-order valence-corrected chi connectivity index (χ4v) is 3.78. The van der Waals surface area contributed by atoms with Crippen LogP contribution in [0.15, 0.2) is 49.3 Å². The quantitative estimate of drug-likeness (QED) is 0.617. The molecule has 5 heterocycles. The molecule has 0 aromatic carbocycles. The van der Waals surface area contributed by atoms with Crippen molar-refractivity contribution < 1.29 is 0 Å². The first-order valence-electron chi connectivity index (χ1n) is 8.34. The normalized spacial score (nSPS) is 18.5. The molecule has 0 spiro atoms. The molecular formula is C18H18N6.